The molecule has 1 aromatic carbocycles. The van der Waals surface area contributed by atoms with Crippen LogP contribution in [0.1, 0.15) is 23.2 Å². The summed E-state index contributed by atoms with van der Waals surface area (Å²) in [7, 11) is 0. The number of hydrogen-bond acceptors (Lipinski definition) is 4. The molecule has 0 saturated carbocycles. The van der Waals surface area contributed by atoms with Crippen LogP contribution in [0.4, 0.5) is 5.82 Å². The largest absolute Gasteiger partial charge is 0.366 e. The number of nitrogens with zero attached hydrogens (tertiary/aromatic N) is 3. The van der Waals surface area contributed by atoms with E-state index in [1.807, 2.05) is 25.1 Å². The van der Waals surface area contributed by atoms with Gasteiger partial charge in [-0.3, -0.25) is 4.90 Å². The van der Waals surface area contributed by atoms with E-state index in [-0.39, 0.29) is 0 Å². The van der Waals surface area contributed by atoms with Crippen molar-refractivity contribution < 1.29 is 0 Å². The van der Waals surface area contributed by atoms with Crippen molar-refractivity contribution in [1.29, 1.82) is 5.26 Å². The normalized spacial score (nSPS) is 18.1. The molecule has 0 spiro atoms. The van der Waals surface area contributed by atoms with E-state index >= 15 is 0 Å². The molecule has 1 saturated heterocycles. The predicted molar refractivity (Wildman–Crippen MR) is 87.4 cm³/mol. The first-order chi connectivity index (χ1) is 10.7. The zero-order chi connectivity index (χ0) is 15.4. The molecule has 2 aromatic rings. The minimum absolute atomic E-state index is 0.394. The zero-order valence-electron chi connectivity index (χ0n) is 12.8. The first-order valence-electron chi connectivity index (χ1n) is 7.65. The number of anilines is 1. The fourth-order valence-electron chi connectivity index (χ4n) is 2.87. The lowest BCUT2D eigenvalue weighted by Crippen LogP contribution is -2.26. The third kappa shape index (κ3) is 3.44. The van der Waals surface area contributed by atoms with Crippen LogP contribution in [0.5, 0.6) is 0 Å². The lowest BCUT2D eigenvalue weighted by atomic mass is 10.2. The highest BCUT2D eigenvalue weighted by Gasteiger charge is 2.22. The van der Waals surface area contributed by atoms with Crippen molar-refractivity contribution in [2.75, 3.05) is 18.4 Å². The molecule has 1 aromatic heterocycles. The summed E-state index contributed by atoms with van der Waals surface area (Å²) in [6, 6.07) is 17.0. The van der Waals surface area contributed by atoms with Crippen molar-refractivity contribution >= 4 is 5.82 Å². The van der Waals surface area contributed by atoms with Gasteiger partial charge in [0, 0.05) is 25.7 Å². The minimum Gasteiger partial charge on any atom is -0.366 e. The van der Waals surface area contributed by atoms with Gasteiger partial charge in [0.25, 0.3) is 0 Å². The van der Waals surface area contributed by atoms with E-state index in [2.05, 4.69) is 45.5 Å². The highest BCUT2D eigenvalue weighted by atomic mass is 15.2. The van der Waals surface area contributed by atoms with Crippen molar-refractivity contribution in [3.63, 3.8) is 0 Å². The minimum atomic E-state index is 0.394. The monoisotopic (exact) mass is 292 g/mol. The molecule has 0 radical (unpaired) electrons. The standard InChI is InChI=1S/C18H20N4/c1-14-7-8-18(21-17(14)11-19)20-16-9-10-22(13-16)12-15-5-3-2-4-6-15/h2-8,16H,9-10,12-13H2,1H3,(H,20,21)/t16-/m0/s1. The van der Waals surface area contributed by atoms with E-state index in [0.717, 1.165) is 37.4 Å². The SMILES string of the molecule is Cc1ccc(N[C@H]2CCN(Cc3ccccc3)C2)nc1C#N. The summed E-state index contributed by atoms with van der Waals surface area (Å²) < 4.78 is 0. The molecular weight excluding hydrogens is 272 g/mol. The van der Waals surface area contributed by atoms with Gasteiger partial charge in [0.1, 0.15) is 17.6 Å². The van der Waals surface area contributed by atoms with Gasteiger partial charge in [0.05, 0.1) is 0 Å². The van der Waals surface area contributed by atoms with Gasteiger partial charge in [-0.2, -0.15) is 5.26 Å². The van der Waals surface area contributed by atoms with E-state index in [1.165, 1.54) is 5.56 Å². The van der Waals surface area contributed by atoms with Gasteiger partial charge in [-0.1, -0.05) is 36.4 Å². The van der Waals surface area contributed by atoms with Crippen LogP contribution < -0.4 is 5.32 Å². The Balaban J connectivity index is 1.58. The summed E-state index contributed by atoms with van der Waals surface area (Å²) in [6.07, 6.45) is 1.10. The molecule has 1 aliphatic rings. The molecule has 0 bridgehead atoms. The van der Waals surface area contributed by atoms with E-state index in [9.17, 15) is 0 Å². The molecule has 2 heterocycles. The summed E-state index contributed by atoms with van der Waals surface area (Å²) in [5, 5.41) is 12.5. The molecule has 1 aliphatic heterocycles. The Morgan fingerprint density at radius 3 is 2.86 bits per heavy atom. The second kappa shape index (κ2) is 6.59. The fraction of sp³-hybridized carbons (Fsp3) is 0.333. The van der Waals surface area contributed by atoms with Crippen LogP contribution in [0.3, 0.4) is 0 Å². The Bertz CT molecular complexity index is 675. The Morgan fingerprint density at radius 1 is 1.27 bits per heavy atom. The number of nitriles is 1. The van der Waals surface area contributed by atoms with Crippen LogP contribution in [-0.2, 0) is 6.54 Å². The van der Waals surface area contributed by atoms with Gasteiger partial charge in [-0.05, 0) is 30.5 Å². The van der Waals surface area contributed by atoms with E-state index < -0.39 is 0 Å². The quantitative estimate of drug-likeness (QED) is 0.941. The molecule has 0 aliphatic carbocycles. The number of aryl methyl sites for hydroxylation is 1. The lowest BCUT2D eigenvalue weighted by Gasteiger charge is -2.17. The van der Waals surface area contributed by atoms with Crippen LogP contribution in [0.25, 0.3) is 0 Å². The molecule has 4 heteroatoms. The van der Waals surface area contributed by atoms with Crippen LogP contribution in [-0.4, -0.2) is 29.0 Å². The van der Waals surface area contributed by atoms with Gasteiger partial charge in [-0.15, -0.1) is 0 Å². The predicted octanol–water partition coefficient (Wildman–Crippen LogP) is 2.95. The maximum atomic E-state index is 9.06. The van der Waals surface area contributed by atoms with Gasteiger partial charge in [0.15, 0.2) is 0 Å². The Morgan fingerprint density at radius 2 is 2.09 bits per heavy atom. The molecule has 1 N–H and O–H groups in total. The number of nitrogens with one attached hydrogen (secondary N) is 1. The average Bonchev–Trinajstić information content (AvgIpc) is 2.97. The highest BCUT2D eigenvalue weighted by Crippen LogP contribution is 2.18. The van der Waals surface area contributed by atoms with Crippen molar-refractivity contribution in [2.24, 2.45) is 0 Å². The summed E-state index contributed by atoms with van der Waals surface area (Å²) >= 11 is 0. The summed E-state index contributed by atoms with van der Waals surface area (Å²) in [6.45, 7) is 4.99. The Labute approximate surface area is 131 Å². The molecule has 1 fully saturated rings. The molecule has 112 valence electrons. The number of rotatable bonds is 4. The van der Waals surface area contributed by atoms with Crippen molar-refractivity contribution in [2.45, 2.75) is 25.9 Å². The van der Waals surface area contributed by atoms with Crippen LogP contribution in [0.15, 0.2) is 42.5 Å². The number of hydrogen-bond donors (Lipinski definition) is 1. The summed E-state index contributed by atoms with van der Waals surface area (Å²) in [4.78, 5) is 6.82. The molecular formula is C18H20N4. The van der Waals surface area contributed by atoms with E-state index in [4.69, 9.17) is 5.26 Å². The number of pyridine rings is 1. The third-order valence-corrected chi connectivity index (χ3v) is 4.08. The molecule has 0 amide bonds. The van der Waals surface area contributed by atoms with Crippen LogP contribution >= 0.6 is 0 Å². The second-order valence-electron chi connectivity index (χ2n) is 5.82. The number of likely N-dealkylation sites (tertiary alicyclic amines) is 1. The lowest BCUT2D eigenvalue weighted by molar-refractivity contribution is 0.328. The average molecular weight is 292 g/mol. The van der Waals surface area contributed by atoms with E-state index in [0.29, 0.717) is 11.7 Å². The van der Waals surface area contributed by atoms with Gasteiger partial charge in [-0.25, -0.2) is 4.98 Å². The number of aromatic nitrogens is 1. The van der Waals surface area contributed by atoms with Gasteiger partial charge in [0.2, 0.25) is 0 Å². The topological polar surface area (TPSA) is 52.0 Å². The van der Waals surface area contributed by atoms with E-state index in [1.54, 1.807) is 0 Å². The smallest absolute Gasteiger partial charge is 0.145 e. The zero-order valence-corrected chi connectivity index (χ0v) is 12.8. The second-order valence-corrected chi connectivity index (χ2v) is 5.82. The van der Waals surface area contributed by atoms with Gasteiger partial charge < -0.3 is 5.32 Å². The van der Waals surface area contributed by atoms with Crippen LogP contribution in [0.2, 0.25) is 0 Å². The van der Waals surface area contributed by atoms with Crippen molar-refractivity contribution in [1.82, 2.24) is 9.88 Å². The summed E-state index contributed by atoms with van der Waals surface area (Å²) in [5.74, 6) is 0.800. The molecule has 4 nitrogen and oxygen atoms in total. The Kier molecular flexibility index (Phi) is 4.36. The van der Waals surface area contributed by atoms with Crippen LogP contribution in [0, 0.1) is 18.3 Å². The van der Waals surface area contributed by atoms with Crippen molar-refractivity contribution in [3.8, 4) is 6.07 Å². The fourth-order valence-corrected chi connectivity index (χ4v) is 2.87. The van der Waals surface area contributed by atoms with Gasteiger partial charge >= 0.3 is 0 Å². The molecule has 3 rings (SSSR count). The maximum absolute atomic E-state index is 9.06. The van der Waals surface area contributed by atoms with Crippen molar-refractivity contribution in [3.05, 3.63) is 59.3 Å². The number of benzene rings is 1. The first kappa shape index (κ1) is 14.6. The first-order valence-corrected chi connectivity index (χ1v) is 7.65. The highest BCUT2D eigenvalue weighted by molar-refractivity contribution is 5.43. The maximum Gasteiger partial charge on any atom is 0.145 e. The molecule has 0 unspecified atom stereocenters. The Hall–Kier alpha value is -2.38. The summed E-state index contributed by atoms with van der Waals surface area (Å²) in [5.41, 5.74) is 2.78. The molecule has 22 heavy (non-hydrogen) atoms. The molecule has 1 atom stereocenters. The third-order valence-electron chi connectivity index (χ3n) is 4.08.